The van der Waals surface area contributed by atoms with Crippen molar-refractivity contribution in [1.29, 1.82) is 0 Å². The first kappa shape index (κ1) is 16.4. The molecule has 1 aromatic carbocycles. The van der Waals surface area contributed by atoms with Gasteiger partial charge in [0.25, 0.3) is 5.91 Å². The molecule has 1 amide bonds. The monoisotopic (exact) mass is 333 g/mol. The summed E-state index contributed by atoms with van der Waals surface area (Å²) in [5.74, 6) is 1.63. The van der Waals surface area contributed by atoms with Gasteiger partial charge in [-0.25, -0.2) is 0 Å². The first-order valence-corrected chi connectivity index (χ1v) is 7.88. The molecule has 1 aliphatic rings. The fraction of sp³-hybridized carbons (Fsp3) is 0.471. The molecular weight excluding hydrogens is 310 g/mol. The quantitative estimate of drug-likeness (QED) is 0.920. The zero-order valence-electron chi connectivity index (χ0n) is 14.5. The van der Waals surface area contributed by atoms with E-state index in [1.165, 1.54) is 0 Å². The summed E-state index contributed by atoms with van der Waals surface area (Å²) < 4.78 is 16.2. The number of fused-ring (bicyclic) bond motifs is 1. The van der Waals surface area contributed by atoms with Crippen molar-refractivity contribution in [2.45, 2.75) is 0 Å². The maximum Gasteiger partial charge on any atom is 0.270 e. The Balaban J connectivity index is 2.00. The van der Waals surface area contributed by atoms with E-state index in [9.17, 15) is 4.79 Å². The Morgan fingerprint density at radius 2 is 1.67 bits per heavy atom. The van der Waals surface area contributed by atoms with Crippen LogP contribution in [0.15, 0.2) is 12.1 Å². The Morgan fingerprint density at radius 1 is 1.00 bits per heavy atom. The van der Waals surface area contributed by atoms with Gasteiger partial charge < -0.3 is 29.0 Å². The van der Waals surface area contributed by atoms with Gasteiger partial charge in [0.1, 0.15) is 5.69 Å². The number of nitrogens with zero attached hydrogens (tertiary/aromatic N) is 2. The van der Waals surface area contributed by atoms with Crippen molar-refractivity contribution in [3.63, 3.8) is 0 Å². The summed E-state index contributed by atoms with van der Waals surface area (Å²) in [7, 11) is 6.78. The van der Waals surface area contributed by atoms with E-state index in [0.717, 1.165) is 37.1 Å². The highest BCUT2D eigenvalue weighted by Crippen LogP contribution is 2.43. The highest BCUT2D eigenvalue weighted by atomic mass is 16.5. The van der Waals surface area contributed by atoms with Crippen molar-refractivity contribution in [2.75, 3.05) is 54.6 Å². The van der Waals surface area contributed by atoms with Crippen LogP contribution >= 0.6 is 0 Å². The van der Waals surface area contributed by atoms with Crippen LogP contribution in [0.25, 0.3) is 10.9 Å². The summed E-state index contributed by atoms with van der Waals surface area (Å²) in [6.07, 6.45) is 0. The molecule has 0 unspecified atom stereocenters. The number of ether oxygens (including phenoxy) is 3. The number of carbonyl (C=O) groups is 1. The molecule has 0 aliphatic carbocycles. The van der Waals surface area contributed by atoms with Crippen molar-refractivity contribution < 1.29 is 19.0 Å². The third-order valence-electron chi connectivity index (χ3n) is 4.45. The number of nitrogens with one attached hydrogen (secondary N) is 1. The lowest BCUT2D eigenvalue weighted by molar-refractivity contribution is 0.0659. The molecule has 0 radical (unpaired) electrons. The van der Waals surface area contributed by atoms with Gasteiger partial charge >= 0.3 is 0 Å². The van der Waals surface area contributed by atoms with Crippen LogP contribution in [-0.2, 0) is 0 Å². The van der Waals surface area contributed by atoms with Gasteiger partial charge in [0, 0.05) is 37.6 Å². The number of methoxy groups -OCH3 is 3. The highest BCUT2D eigenvalue weighted by molar-refractivity contribution is 6.01. The van der Waals surface area contributed by atoms with E-state index >= 15 is 0 Å². The summed E-state index contributed by atoms with van der Waals surface area (Å²) in [6.45, 7) is 3.23. The largest absolute Gasteiger partial charge is 0.493 e. The molecule has 0 bridgehead atoms. The zero-order valence-corrected chi connectivity index (χ0v) is 14.5. The van der Waals surface area contributed by atoms with Gasteiger partial charge in [0.05, 0.1) is 26.8 Å². The average Bonchev–Trinajstić information content (AvgIpc) is 3.03. The number of hydrogen-bond donors (Lipinski definition) is 1. The van der Waals surface area contributed by atoms with Crippen molar-refractivity contribution in [3.05, 3.63) is 17.8 Å². The van der Waals surface area contributed by atoms with E-state index in [1.54, 1.807) is 21.3 Å². The van der Waals surface area contributed by atoms with Crippen LogP contribution in [0.3, 0.4) is 0 Å². The number of aromatic nitrogens is 1. The summed E-state index contributed by atoms with van der Waals surface area (Å²) in [6, 6.07) is 3.63. The predicted molar refractivity (Wildman–Crippen MR) is 91.4 cm³/mol. The van der Waals surface area contributed by atoms with Crippen molar-refractivity contribution >= 4 is 16.8 Å². The third-order valence-corrected chi connectivity index (χ3v) is 4.45. The van der Waals surface area contributed by atoms with Gasteiger partial charge in [-0.3, -0.25) is 4.79 Å². The number of carbonyl (C=O) groups excluding carboxylic acids is 1. The molecule has 1 N–H and O–H groups in total. The van der Waals surface area contributed by atoms with Crippen LogP contribution in [0.5, 0.6) is 17.2 Å². The molecule has 130 valence electrons. The molecule has 0 saturated carbocycles. The Hall–Kier alpha value is -2.41. The van der Waals surface area contributed by atoms with Crippen LogP contribution in [-0.4, -0.2) is 75.2 Å². The van der Waals surface area contributed by atoms with E-state index in [1.807, 2.05) is 17.0 Å². The van der Waals surface area contributed by atoms with Gasteiger partial charge in [0.15, 0.2) is 11.5 Å². The van der Waals surface area contributed by atoms with Gasteiger partial charge in [-0.05, 0) is 13.1 Å². The van der Waals surface area contributed by atoms with Crippen LogP contribution in [0.4, 0.5) is 0 Å². The molecule has 1 fully saturated rings. The van der Waals surface area contributed by atoms with Gasteiger partial charge in [0.2, 0.25) is 5.75 Å². The minimum Gasteiger partial charge on any atom is -0.493 e. The maximum atomic E-state index is 12.8. The van der Waals surface area contributed by atoms with E-state index in [0.29, 0.717) is 22.9 Å². The molecule has 3 rings (SSSR count). The number of rotatable bonds is 4. The smallest absolute Gasteiger partial charge is 0.270 e. The van der Waals surface area contributed by atoms with E-state index < -0.39 is 0 Å². The maximum absolute atomic E-state index is 12.8. The number of H-pyrrole nitrogens is 1. The zero-order chi connectivity index (χ0) is 17.3. The first-order chi connectivity index (χ1) is 11.6. The Bertz CT molecular complexity index is 748. The number of piperazine rings is 1. The molecule has 1 aliphatic heterocycles. The summed E-state index contributed by atoms with van der Waals surface area (Å²) in [5.41, 5.74) is 1.32. The van der Waals surface area contributed by atoms with Crippen LogP contribution in [0, 0.1) is 0 Å². The lowest BCUT2D eigenvalue weighted by Crippen LogP contribution is -2.47. The molecule has 0 spiro atoms. The molecule has 2 heterocycles. The van der Waals surface area contributed by atoms with E-state index in [4.69, 9.17) is 14.2 Å². The average molecular weight is 333 g/mol. The van der Waals surface area contributed by atoms with Crippen LogP contribution < -0.4 is 14.2 Å². The first-order valence-electron chi connectivity index (χ1n) is 7.88. The van der Waals surface area contributed by atoms with Crippen LogP contribution in [0.2, 0.25) is 0 Å². The number of amides is 1. The predicted octanol–water partition coefficient (Wildman–Crippen LogP) is 1.58. The normalized spacial score (nSPS) is 15.6. The second-order valence-electron chi connectivity index (χ2n) is 5.89. The molecule has 1 aromatic heterocycles. The number of aromatic amines is 1. The Kier molecular flexibility index (Phi) is 4.53. The fourth-order valence-electron chi connectivity index (χ4n) is 3.05. The standard InChI is InChI=1S/C17H23N3O4/c1-19-5-7-20(8-6-19)17(21)13-9-11-12(18-13)10-14(22-2)16(24-4)15(11)23-3/h9-10,18H,5-8H2,1-4H3. The SMILES string of the molecule is COc1cc2[nH]c(C(=O)N3CCN(C)CC3)cc2c(OC)c1OC. The van der Waals surface area contributed by atoms with Crippen molar-refractivity contribution in [1.82, 2.24) is 14.8 Å². The molecular formula is C17H23N3O4. The van der Waals surface area contributed by atoms with Gasteiger partial charge in [-0.1, -0.05) is 0 Å². The molecule has 7 nitrogen and oxygen atoms in total. The lowest BCUT2D eigenvalue weighted by Gasteiger charge is -2.32. The number of hydrogen-bond acceptors (Lipinski definition) is 5. The highest BCUT2D eigenvalue weighted by Gasteiger charge is 2.24. The Morgan fingerprint density at radius 3 is 2.25 bits per heavy atom. The van der Waals surface area contributed by atoms with Gasteiger partial charge in [-0.2, -0.15) is 0 Å². The number of benzene rings is 1. The molecule has 1 saturated heterocycles. The second-order valence-corrected chi connectivity index (χ2v) is 5.89. The second kappa shape index (κ2) is 6.60. The van der Waals surface area contributed by atoms with Crippen molar-refractivity contribution in [2.24, 2.45) is 0 Å². The molecule has 24 heavy (non-hydrogen) atoms. The number of likely N-dealkylation sites (N-methyl/N-ethyl adjacent to an activating group) is 1. The fourth-order valence-corrected chi connectivity index (χ4v) is 3.05. The minimum atomic E-state index is -0.000660. The third kappa shape index (κ3) is 2.75. The van der Waals surface area contributed by atoms with Crippen molar-refractivity contribution in [3.8, 4) is 17.2 Å². The van der Waals surface area contributed by atoms with Gasteiger partial charge in [-0.15, -0.1) is 0 Å². The summed E-state index contributed by atoms with van der Waals surface area (Å²) in [5, 5.41) is 0.799. The molecule has 0 atom stereocenters. The molecule has 7 heteroatoms. The molecule has 2 aromatic rings. The summed E-state index contributed by atoms with van der Waals surface area (Å²) in [4.78, 5) is 20.0. The van der Waals surface area contributed by atoms with Crippen LogP contribution in [0.1, 0.15) is 10.5 Å². The topological polar surface area (TPSA) is 67.0 Å². The minimum absolute atomic E-state index is 0.000660. The Labute approximate surface area is 141 Å². The lowest BCUT2D eigenvalue weighted by atomic mass is 10.2. The van der Waals surface area contributed by atoms with E-state index in [-0.39, 0.29) is 5.91 Å². The summed E-state index contributed by atoms with van der Waals surface area (Å²) >= 11 is 0. The van der Waals surface area contributed by atoms with E-state index in [2.05, 4.69) is 16.9 Å².